The van der Waals surface area contributed by atoms with Crippen molar-refractivity contribution >= 4 is 40.1 Å². The quantitative estimate of drug-likeness (QED) is 0.578. The van der Waals surface area contributed by atoms with Crippen molar-refractivity contribution in [1.29, 1.82) is 0 Å². The highest BCUT2D eigenvalue weighted by atomic mass is 32.2. The summed E-state index contributed by atoms with van der Waals surface area (Å²) in [5, 5.41) is 11.3. The highest BCUT2D eigenvalue weighted by Crippen LogP contribution is 2.35. The minimum atomic E-state index is -0.410. The number of hydrogen-bond donors (Lipinski definition) is 3. The predicted octanol–water partition coefficient (Wildman–Crippen LogP) is 1.84. The third kappa shape index (κ3) is 4.78. The Morgan fingerprint density at radius 1 is 1.32 bits per heavy atom. The maximum atomic E-state index is 12.4. The average Bonchev–Trinajstić information content (AvgIpc) is 3.47. The summed E-state index contributed by atoms with van der Waals surface area (Å²) in [5.74, 6) is 1.20. The summed E-state index contributed by atoms with van der Waals surface area (Å²) in [5.41, 5.74) is 6.89. The number of carbonyl (C=O) groups is 2. The van der Waals surface area contributed by atoms with Gasteiger partial charge in [0.2, 0.25) is 5.91 Å². The van der Waals surface area contributed by atoms with Crippen LogP contribution in [0.25, 0.3) is 0 Å². The highest BCUT2D eigenvalue weighted by molar-refractivity contribution is 8.14. The molecular formula is C20H23N5O4S2. The van der Waals surface area contributed by atoms with Crippen LogP contribution in [0, 0.1) is 0 Å². The fourth-order valence-corrected chi connectivity index (χ4v) is 4.88. The first kappa shape index (κ1) is 21.5. The first-order valence-electron chi connectivity index (χ1n) is 9.65. The number of hydrogen-bond acceptors (Lipinski definition) is 9. The predicted molar refractivity (Wildman–Crippen MR) is 120 cm³/mol. The van der Waals surface area contributed by atoms with Gasteiger partial charge >= 0.3 is 0 Å². The molecule has 0 bridgehead atoms. The van der Waals surface area contributed by atoms with E-state index < -0.39 is 6.04 Å². The number of fused-ring (bicyclic) bond motifs is 1. The highest BCUT2D eigenvalue weighted by Gasteiger charge is 2.42. The standard InChI is InChI=1S/C20H23N5O4S2/c1-28-16-6-5-12(8-17(16)29-2)14-9-15-19(27)22-23-20(25(15)24-14)31-11-18(26)21-10-13-4-3-7-30-13/h3-8,14-15,24H,9-11H2,1-2H3,(H,21,26)(H,22,27). The van der Waals surface area contributed by atoms with Gasteiger partial charge in [0, 0.05) is 4.88 Å². The maximum absolute atomic E-state index is 12.4. The average molecular weight is 462 g/mol. The van der Waals surface area contributed by atoms with Crippen molar-refractivity contribution in [3.05, 3.63) is 46.2 Å². The van der Waals surface area contributed by atoms with Gasteiger partial charge in [0.15, 0.2) is 16.7 Å². The lowest BCUT2D eigenvalue weighted by atomic mass is 10.0. The molecule has 0 radical (unpaired) electrons. The van der Waals surface area contributed by atoms with Gasteiger partial charge in [0.25, 0.3) is 5.91 Å². The van der Waals surface area contributed by atoms with E-state index in [9.17, 15) is 9.59 Å². The Kier molecular flexibility index (Phi) is 6.64. The molecule has 2 amide bonds. The fourth-order valence-electron chi connectivity index (χ4n) is 3.45. The van der Waals surface area contributed by atoms with Gasteiger partial charge in [-0.2, -0.15) is 0 Å². The number of thioether (sulfide) groups is 1. The summed E-state index contributed by atoms with van der Waals surface area (Å²) < 4.78 is 10.7. The van der Waals surface area contributed by atoms with Gasteiger partial charge in [-0.3, -0.25) is 14.6 Å². The van der Waals surface area contributed by atoms with Crippen molar-refractivity contribution in [2.45, 2.75) is 25.0 Å². The molecule has 0 saturated carbocycles. The summed E-state index contributed by atoms with van der Waals surface area (Å²) in [6.45, 7) is 0.506. The molecule has 9 nitrogen and oxygen atoms in total. The number of rotatable bonds is 7. The van der Waals surface area contributed by atoms with Crippen LogP contribution >= 0.6 is 23.1 Å². The molecule has 2 unspecified atom stereocenters. The second kappa shape index (κ2) is 9.58. The number of carbonyl (C=O) groups excluding carboxylic acids is 2. The van der Waals surface area contributed by atoms with E-state index in [2.05, 4.69) is 21.3 Å². The largest absolute Gasteiger partial charge is 0.493 e. The molecule has 1 aromatic heterocycles. The minimum Gasteiger partial charge on any atom is -0.493 e. The topological polar surface area (TPSA) is 104 Å². The molecule has 2 aliphatic heterocycles. The van der Waals surface area contributed by atoms with Crippen LogP contribution in [0.1, 0.15) is 22.9 Å². The van der Waals surface area contributed by atoms with Gasteiger partial charge in [0.1, 0.15) is 6.04 Å². The van der Waals surface area contributed by atoms with E-state index in [1.165, 1.54) is 11.8 Å². The molecule has 11 heteroatoms. The summed E-state index contributed by atoms with van der Waals surface area (Å²) in [7, 11) is 3.18. The van der Waals surface area contributed by atoms with Crippen LogP contribution in [0.15, 0.2) is 40.8 Å². The molecule has 2 aliphatic rings. The Balaban J connectivity index is 1.39. The molecule has 1 fully saturated rings. The summed E-state index contributed by atoms with van der Waals surface area (Å²) in [6.07, 6.45) is 0.561. The molecule has 31 heavy (non-hydrogen) atoms. The van der Waals surface area contributed by atoms with E-state index in [0.717, 1.165) is 10.4 Å². The first-order valence-corrected chi connectivity index (χ1v) is 11.5. The molecular weight excluding hydrogens is 438 g/mol. The van der Waals surface area contributed by atoms with Crippen LogP contribution in [0.4, 0.5) is 0 Å². The third-order valence-corrected chi connectivity index (χ3v) is 6.85. The van der Waals surface area contributed by atoms with Gasteiger partial charge in [-0.15, -0.1) is 16.4 Å². The Labute approximate surface area is 188 Å². The van der Waals surface area contributed by atoms with Crippen molar-refractivity contribution in [3.8, 4) is 11.5 Å². The van der Waals surface area contributed by atoms with Gasteiger partial charge in [-0.25, -0.2) is 10.9 Å². The zero-order chi connectivity index (χ0) is 21.8. The molecule has 2 atom stereocenters. The van der Waals surface area contributed by atoms with Crippen molar-refractivity contribution in [3.63, 3.8) is 0 Å². The molecule has 0 spiro atoms. The second-order valence-electron chi connectivity index (χ2n) is 6.93. The Hall–Kier alpha value is -2.76. The number of thiophene rings is 1. The summed E-state index contributed by atoms with van der Waals surface area (Å²) >= 11 is 2.88. The van der Waals surface area contributed by atoms with Crippen molar-refractivity contribution < 1.29 is 19.1 Å². The number of benzene rings is 1. The van der Waals surface area contributed by atoms with Crippen LogP contribution < -0.4 is 25.6 Å². The van der Waals surface area contributed by atoms with Gasteiger partial charge in [-0.1, -0.05) is 23.9 Å². The molecule has 4 rings (SSSR count). The normalized spacial score (nSPS) is 20.0. The number of amides is 2. The molecule has 1 saturated heterocycles. The number of nitrogens with zero attached hydrogens (tertiary/aromatic N) is 2. The van der Waals surface area contributed by atoms with E-state index in [-0.39, 0.29) is 23.6 Å². The number of hydrazine groups is 1. The zero-order valence-electron chi connectivity index (χ0n) is 17.1. The number of methoxy groups -OCH3 is 2. The van der Waals surface area contributed by atoms with E-state index in [4.69, 9.17) is 9.47 Å². The Morgan fingerprint density at radius 3 is 2.90 bits per heavy atom. The van der Waals surface area contributed by atoms with Crippen LogP contribution in [0.5, 0.6) is 11.5 Å². The van der Waals surface area contributed by atoms with E-state index in [0.29, 0.717) is 29.6 Å². The molecule has 0 aliphatic carbocycles. The SMILES string of the molecule is COc1ccc(C2CC3C(=O)NN=C(SCC(=O)NCc4cccs4)N3N2)cc1OC. The smallest absolute Gasteiger partial charge is 0.264 e. The van der Waals surface area contributed by atoms with Gasteiger partial charge in [-0.05, 0) is 35.6 Å². The van der Waals surface area contributed by atoms with E-state index in [1.54, 1.807) is 30.6 Å². The lowest BCUT2D eigenvalue weighted by Crippen LogP contribution is -2.52. The van der Waals surface area contributed by atoms with Crippen molar-refractivity contribution in [2.75, 3.05) is 20.0 Å². The molecule has 3 N–H and O–H groups in total. The molecule has 164 valence electrons. The minimum absolute atomic E-state index is 0.0924. The van der Waals surface area contributed by atoms with Crippen LogP contribution in [-0.4, -0.2) is 48.0 Å². The van der Waals surface area contributed by atoms with Crippen LogP contribution in [-0.2, 0) is 16.1 Å². The van der Waals surface area contributed by atoms with Crippen molar-refractivity contribution in [1.82, 2.24) is 21.2 Å². The van der Waals surface area contributed by atoms with E-state index in [1.807, 2.05) is 35.7 Å². The number of amidine groups is 1. The first-order chi connectivity index (χ1) is 15.1. The van der Waals surface area contributed by atoms with Crippen LogP contribution in [0.3, 0.4) is 0 Å². The van der Waals surface area contributed by atoms with E-state index >= 15 is 0 Å². The lowest BCUT2D eigenvalue weighted by molar-refractivity contribution is -0.125. The number of hydrazone groups is 1. The zero-order valence-corrected chi connectivity index (χ0v) is 18.7. The Morgan fingerprint density at radius 2 is 2.16 bits per heavy atom. The summed E-state index contributed by atoms with van der Waals surface area (Å²) in [6, 6.07) is 9.10. The fraction of sp³-hybridized carbons (Fsp3) is 0.350. The lowest BCUT2D eigenvalue weighted by Gasteiger charge is -2.29. The maximum Gasteiger partial charge on any atom is 0.264 e. The van der Waals surface area contributed by atoms with Gasteiger partial charge in [0.05, 0.1) is 32.6 Å². The molecule has 3 heterocycles. The van der Waals surface area contributed by atoms with Gasteiger partial charge < -0.3 is 14.8 Å². The number of nitrogens with one attached hydrogen (secondary N) is 3. The van der Waals surface area contributed by atoms with Crippen molar-refractivity contribution in [2.24, 2.45) is 5.10 Å². The Bertz CT molecular complexity index is 982. The summed E-state index contributed by atoms with van der Waals surface area (Å²) in [4.78, 5) is 25.7. The second-order valence-corrected chi connectivity index (χ2v) is 8.91. The third-order valence-electron chi connectivity index (χ3n) is 5.02. The number of ether oxygens (including phenoxy) is 2. The molecule has 1 aromatic carbocycles. The van der Waals surface area contributed by atoms with Crippen LogP contribution in [0.2, 0.25) is 0 Å². The monoisotopic (exact) mass is 461 g/mol. The molecule has 2 aromatic rings.